The van der Waals surface area contributed by atoms with Crippen LogP contribution < -0.4 is 0 Å². The Balaban J connectivity index is 2.56. The zero-order chi connectivity index (χ0) is 14.2. The van der Waals surface area contributed by atoms with Gasteiger partial charge >= 0.3 is 0 Å². The van der Waals surface area contributed by atoms with Crippen molar-refractivity contribution in [2.75, 3.05) is 0 Å². The Hall–Kier alpha value is -1.04. The summed E-state index contributed by atoms with van der Waals surface area (Å²) >= 11 is 9.05. The van der Waals surface area contributed by atoms with Gasteiger partial charge in [0.05, 0.1) is 5.56 Å². The van der Waals surface area contributed by atoms with Gasteiger partial charge in [-0.3, -0.25) is 0 Å². The van der Waals surface area contributed by atoms with Crippen LogP contribution in [0.3, 0.4) is 0 Å². The Bertz CT molecular complexity index is 610. The van der Waals surface area contributed by atoms with E-state index in [4.69, 9.17) is 11.6 Å². The summed E-state index contributed by atoms with van der Waals surface area (Å²) in [5.74, 6) is -3.38. The Kier molecular flexibility index (Phi) is 4.18. The lowest BCUT2D eigenvalue weighted by Crippen LogP contribution is -2.07. The maximum atomic E-state index is 13.6. The van der Waals surface area contributed by atoms with Crippen molar-refractivity contribution in [3.8, 4) is 0 Å². The van der Waals surface area contributed by atoms with Crippen molar-refractivity contribution in [3.05, 3.63) is 68.4 Å². The predicted molar refractivity (Wildman–Crippen MR) is 69.5 cm³/mol. The number of benzene rings is 2. The molecule has 1 unspecified atom stereocenters. The summed E-state index contributed by atoms with van der Waals surface area (Å²) in [6.07, 6.45) is -1.62. The molecule has 0 bridgehead atoms. The molecule has 1 N–H and O–H groups in total. The van der Waals surface area contributed by atoms with E-state index in [-0.39, 0.29) is 10.6 Å². The van der Waals surface area contributed by atoms with Gasteiger partial charge in [-0.2, -0.15) is 0 Å². The van der Waals surface area contributed by atoms with Gasteiger partial charge in [-0.05, 0) is 18.2 Å². The lowest BCUT2D eigenvalue weighted by molar-refractivity contribution is 0.208. The van der Waals surface area contributed by atoms with Gasteiger partial charge < -0.3 is 5.11 Å². The molecule has 0 radical (unpaired) electrons. The van der Waals surface area contributed by atoms with E-state index in [0.717, 1.165) is 0 Å². The molecule has 2 aromatic carbocycles. The summed E-state index contributed by atoms with van der Waals surface area (Å²) in [5.41, 5.74) is -0.512. The van der Waals surface area contributed by atoms with Gasteiger partial charge in [0.1, 0.15) is 23.6 Å². The van der Waals surface area contributed by atoms with Crippen molar-refractivity contribution in [2.24, 2.45) is 0 Å². The third kappa shape index (κ3) is 2.94. The van der Waals surface area contributed by atoms with Crippen LogP contribution in [0.25, 0.3) is 0 Å². The summed E-state index contributed by atoms with van der Waals surface area (Å²) < 4.78 is 40.6. The van der Waals surface area contributed by atoms with Gasteiger partial charge in [-0.25, -0.2) is 13.2 Å². The second-order valence-corrected chi connectivity index (χ2v) is 5.17. The minimum atomic E-state index is -1.62. The molecule has 0 aliphatic heterocycles. The highest BCUT2D eigenvalue weighted by molar-refractivity contribution is 9.10. The SMILES string of the molecule is OC(c1cc(Br)ccc1Cl)c1c(F)cc(F)cc1F. The molecular weight excluding hydrogens is 344 g/mol. The summed E-state index contributed by atoms with van der Waals surface area (Å²) in [6.45, 7) is 0. The first-order valence-corrected chi connectivity index (χ1v) is 6.34. The molecule has 0 heterocycles. The highest BCUT2D eigenvalue weighted by Gasteiger charge is 2.23. The molecule has 0 saturated carbocycles. The molecule has 0 saturated heterocycles. The van der Waals surface area contributed by atoms with Crippen molar-refractivity contribution >= 4 is 27.5 Å². The number of aliphatic hydroxyl groups is 1. The molecule has 1 atom stereocenters. The first kappa shape index (κ1) is 14.4. The second-order valence-electron chi connectivity index (χ2n) is 3.85. The molecule has 19 heavy (non-hydrogen) atoms. The van der Waals surface area contributed by atoms with Crippen molar-refractivity contribution in [1.82, 2.24) is 0 Å². The van der Waals surface area contributed by atoms with Crippen LogP contribution >= 0.6 is 27.5 Å². The Morgan fingerprint density at radius 1 is 1.05 bits per heavy atom. The van der Waals surface area contributed by atoms with Gasteiger partial charge in [0.15, 0.2) is 0 Å². The lowest BCUT2D eigenvalue weighted by Gasteiger charge is -2.15. The van der Waals surface area contributed by atoms with Crippen LogP contribution in [0, 0.1) is 17.5 Å². The van der Waals surface area contributed by atoms with Gasteiger partial charge in [0.25, 0.3) is 0 Å². The Labute approximate surface area is 120 Å². The van der Waals surface area contributed by atoms with Crippen LogP contribution in [0.1, 0.15) is 17.2 Å². The molecule has 0 amide bonds. The molecule has 0 aliphatic carbocycles. The lowest BCUT2D eigenvalue weighted by atomic mass is 10.0. The van der Waals surface area contributed by atoms with Gasteiger partial charge in [0, 0.05) is 27.2 Å². The molecule has 0 fully saturated rings. The van der Waals surface area contributed by atoms with E-state index in [2.05, 4.69) is 15.9 Å². The first-order valence-electron chi connectivity index (χ1n) is 5.17. The average molecular weight is 352 g/mol. The molecule has 6 heteroatoms. The number of halogens is 5. The summed E-state index contributed by atoms with van der Waals surface area (Å²) in [5, 5.41) is 10.2. The molecule has 0 spiro atoms. The van der Waals surface area contributed by atoms with E-state index in [1.807, 2.05) is 0 Å². The van der Waals surface area contributed by atoms with E-state index in [1.54, 1.807) is 6.07 Å². The maximum absolute atomic E-state index is 13.6. The normalized spacial score (nSPS) is 12.5. The van der Waals surface area contributed by atoms with E-state index in [9.17, 15) is 18.3 Å². The molecule has 2 aromatic rings. The molecule has 1 nitrogen and oxygen atoms in total. The van der Waals surface area contributed by atoms with E-state index >= 15 is 0 Å². The highest BCUT2D eigenvalue weighted by atomic mass is 79.9. The molecule has 100 valence electrons. The zero-order valence-corrected chi connectivity index (χ0v) is 11.6. The van der Waals surface area contributed by atoms with Crippen molar-refractivity contribution in [1.29, 1.82) is 0 Å². The largest absolute Gasteiger partial charge is 0.383 e. The van der Waals surface area contributed by atoms with Crippen LogP contribution in [0.4, 0.5) is 13.2 Å². The molecular formula is C13H7BrClF3O. The van der Waals surface area contributed by atoms with Gasteiger partial charge in [-0.15, -0.1) is 0 Å². The minimum Gasteiger partial charge on any atom is -0.383 e. The topological polar surface area (TPSA) is 20.2 Å². The highest BCUT2D eigenvalue weighted by Crippen LogP contribution is 2.33. The number of rotatable bonds is 2. The summed E-state index contributed by atoms with van der Waals surface area (Å²) in [4.78, 5) is 0. The number of hydrogen-bond donors (Lipinski definition) is 1. The maximum Gasteiger partial charge on any atom is 0.135 e. The van der Waals surface area contributed by atoms with Crippen molar-refractivity contribution in [2.45, 2.75) is 6.10 Å². The van der Waals surface area contributed by atoms with Crippen LogP contribution in [0.15, 0.2) is 34.8 Å². The van der Waals surface area contributed by atoms with E-state index in [0.29, 0.717) is 16.6 Å². The third-order valence-corrected chi connectivity index (χ3v) is 3.41. The van der Waals surface area contributed by atoms with Crippen LogP contribution in [-0.4, -0.2) is 5.11 Å². The quantitative estimate of drug-likeness (QED) is 0.838. The molecule has 0 aliphatic rings. The van der Waals surface area contributed by atoms with E-state index < -0.39 is 29.1 Å². The second kappa shape index (κ2) is 5.53. The van der Waals surface area contributed by atoms with Crippen LogP contribution in [-0.2, 0) is 0 Å². The summed E-state index contributed by atoms with van der Waals surface area (Å²) in [7, 11) is 0. The molecule has 2 rings (SSSR count). The Morgan fingerprint density at radius 2 is 1.63 bits per heavy atom. The van der Waals surface area contributed by atoms with Crippen LogP contribution in [0.5, 0.6) is 0 Å². The monoisotopic (exact) mass is 350 g/mol. The first-order chi connectivity index (χ1) is 8.90. The standard InChI is InChI=1S/C13H7BrClF3O/c14-6-1-2-9(15)8(3-6)13(19)12-10(17)4-7(16)5-11(12)18/h1-5,13,19H. The van der Waals surface area contributed by atoms with Gasteiger partial charge in [-0.1, -0.05) is 27.5 Å². The fourth-order valence-corrected chi connectivity index (χ4v) is 2.29. The van der Waals surface area contributed by atoms with Gasteiger partial charge in [0.2, 0.25) is 0 Å². The number of aliphatic hydroxyl groups excluding tert-OH is 1. The predicted octanol–water partition coefficient (Wildman–Crippen LogP) is 4.60. The van der Waals surface area contributed by atoms with E-state index in [1.165, 1.54) is 12.1 Å². The Morgan fingerprint density at radius 3 is 2.21 bits per heavy atom. The fraction of sp³-hybridized carbons (Fsp3) is 0.0769. The van der Waals surface area contributed by atoms with Crippen molar-refractivity contribution in [3.63, 3.8) is 0 Å². The average Bonchev–Trinajstić information content (AvgIpc) is 2.30. The third-order valence-electron chi connectivity index (χ3n) is 2.57. The smallest absolute Gasteiger partial charge is 0.135 e. The summed E-state index contributed by atoms with van der Waals surface area (Å²) in [6, 6.07) is 5.55. The zero-order valence-electron chi connectivity index (χ0n) is 9.30. The molecule has 0 aromatic heterocycles. The number of hydrogen-bond acceptors (Lipinski definition) is 1. The minimum absolute atomic E-state index is 0.125. The van der Waals surface area contributed by atoms with Crippen molar-refractivity contribution < 1.29 is 18.3 Å². The van der Waals surface area contributed by atoms with Crippen LogP contribution in [0.2, 0.25) is 5.02 Å². The fourth-order valence-electron chi connectivity index (χ4n) is 1.69.